The molecule has 0 atom stereocenters. The van der Waals surface area contributed by atoms with Gasteiger partial charge in [0.2, 0.25) is 0 Å². The lowest BCUT2D eigenvalue weighted by atomic mass is 10.0. The van der Waals surface area contributed by atoms with Gasteiger partial charge in [-0.25, -0.2) is 0 Å². The lowest BCUT2D eigenvalue weighted by Crippen LogP contribution is -2.20. The lowest BCUT2D eigenvalue weighted by Gasteiger charge is -2.14. The van der Waals surface area contributed by atoms with Gasteiger partial charge in [-0.15, -0.1) is 0 Å². The van der Waals surface area contributed by atoms with Crippen LogP contribution in [-0.4, -0.2) is 24.5 Å². The number of hydrogen-bond acceptors (Lipinski definition) is 1. The highest BCUT2D eigenvalue weighted by Gasteiger charge is 2.10. The summed E-state index contributed by atoms with van der Waals surface area (Å²) in [5.41, 5.74) is 6.78. The Labute approximate surface area is 147 Å². The molecule has 1 saturated heterocycles. The van der Waals surface area contributed by atoms with E-state index in [2.05, 4.69) is 73.4 Å². The van der Waals surface area contributed by atoms with E-state index in [1.807, 2.05) is 0 Å². The number of rotatable bonds is 6. The number of likely N-dealkylation sites (tertiary alicyclic amines) is 1. The Balaban J connectivity index is 1.61. The van der Waals surface area contributed by atoms with Gasteiger partial charge in [0.1, 0.15) is 0 Å². The Kier molecular flexibility index (Phi) is 5.87. The van der Waals surface area contributed by atoms with Gasteiger partial charge >= 0.3 is 0 Å². The SMILES string of the molecule is Cc1cccc(C)c1C=Cc1cccc(CCCN2CCCC2)c1. The van der Waals surface area contributed by atoms with Gasteiger partial charge in [0.05, 0.1) is 0 Å². The van der Waals surface area contributed by atoms with E-state index in [9.17, 15) is 0 Å². The Bertz CT molecular complexity index is 673. The first-order chi connectivity index (χ1) is 11.7. The average Bonchev–Trinajstić information content (AvgIpc) is 3.08. The van der Waals surface area contributed by atoms with Gasteiger partial charge in [0.25, 0.3) is 0 Å². The molecule has 0 saturated carbocycles. The van der Waals surface area contributed by atoms with Crippen LogP contribution in [0, 0.1) is 13.8 Å². The largest absolute Gasteiger partial charge is 0.303 e. The first-order valence-electron chi connectivity index (χ1n) is 9.28. The van der Waals surface area contributed by atoms with Crippen molar-refractivity contribution in [1.82, 2.24) is 4.90 Å². The van der Waals surface area contributed by atoms with Crippen LogP contribution in [0.4, 0.5) is 0 Å². The molecule has 24 heavy (non-hydrogen) atoms. The van der Waals surface area contributed by atoms with Crippen molar-refractivity contribution in [3.63, 3.8) is 0 Å². The summed E-state index contributed by atoms with van der Waals surface area (Å²) in [7, 11) is 0. The van der Waals surface area contributed by atoms with Crippen LogP contribution in [-0.2, 0) is 6.42 Å². The van der Waals surface area contributed by atoms with Gasteiger partial charge in [0, 0.05) is 0 Å². The highest BCUT2D eigenvalue weighted by molar-refractivity contribution is 5.72. The summed E-state index contributed by atoms with van der Waals surface area (Å²) in [6, 6.07) is 15.5. The van der Waals surface area contributed by atoms with Crippen LogP contribution in [0.5, 0.6) is 0 Å². The molecule has 1 aliphatic heterocycles. The average molecular weight is 319 g/mol. The first kappa shape index (κ1) is 17.0. The highest BCUT2D eigenvalue weighted by atomic mass is 15.1. The molecule has 1 heteroatoms. The van der Waals surface area contributed by atoms with Crippen molar-refractivity contribution in [3.05, 3.63) is 70.3 Å². The molecule has 126 valence electrons. The molecule has 0 radical (unpaired) electrons. The summed E-state index contributed by atoms with van der Waals surface area (Å²) in [4.78, 5) is 2.60. The molecular formula is C23H29N. The second-order valence-corrected chi connectivity index (χ2v) is 7.04. The van der Waals surface area contributed by atoms with E-state index in [4.69, 9.17) is 0 Å². The third-order valence-electron chi connectivity index (χ3n) is 5.07. The van der Waals surface area contributed by atoms with Crippen molar-refractivity contribution in [2.45, 2.75) is 39.5 Å². The van der Waals surface area contributed by atoms with Gasteiger partial charge in [-0.2, -0.15) is 0 Å². The predicted molar refractivity (Wildman–Crippen MR) is 105 cm³/mol. The summed E-state index contributed by atoms with van der Waals surface area (Å²) in [6.45, 7) is 8.22. The third-order valence-corrected chi connectivity index (χ3v) is 5.07. The maximum Gasteiger partial charge on any atom is -0.00156 e. The number of aryl methyl sites for hydroxylation is 3. The van der Waals surface area contributed by atoms with Crippen LogP contribution in [0.25, 0.3) is 12.2 Å². The van der Waals surface area contributed by atoms with Crippen LogP contribution in [0.2, 0.25) is 0 Å². The maximum absolute atomic E-state index is 2.60. The number of benzene rings is 2. The molecule has 0 spiro atoms. The summed E-state index contributed by atoms with van der Waals surface area (Å²) >= 11 is 0. The Morgan fingerprint density at radius 1 is 0.917 bits per heavy atom. The van der Waals surface area contributed by atoms with E-state index in [0.717, 1.165) is 0 Å². The van der Waals surface area contributed by atoms with E-state index in [-0.39, 0.29) is 0 Å². The molecular weight excluding hydrogens is 290 g/mol. The maximum atomic E-state index is 2.60. The van der Waals surface area contributed by atoms with Crippen molar-refractivity contribution < 1.29 is 0 Å². The van der Waals surface area contributed by atoms with Crippen molar-refractivity contribution in [2.75, 3.05) is 19.6 Å². The molecule has 1 heterocycles. The van der Waals surface area contributed by atoms with Crippen molar-refractivity contribution >= 4 is 12.2 Å². The summed E-state index contributed by atoms with van der Waals surface area (Å²) in [5, 5.41) is 0. The van der Waals surface area contributed by atoms with Gasteiger partial charge in [-0.1, -0.05) is 54.6 Å². The zero-order valence-electron chi connectivity index (χ0n) is 15.1. The summed E-state index contributed by atoms with van der Waals surface area (Å²) < 4.78 is 0. The van der Waals surface area contributed by atoms with Crippen LogP contribution >= 0.6 is 0 Å². The molecule has 1 nitrogen and oxygen atoms in total. The zero-order chi connectivity index (χ0) is 16.8. The van der Waals surface area contributed by atoms with Crippen molar-refractivity contribution in [2.24, 2.45) is 0 Å². The first-order valence-corrected chi connectivity index (χ1v) is 9.28. The van der Waals surface area contributed by atoms with Crippen LogP contribution in [0.15, 0.2) is 42.5 Å². The summed E-state index contributed by atoms with van der Waals surface area (Å²) in [6.07, 6.45) is 9.73. The Morgan fingerprint density at radius 2 is 1.62 bits per heavy atom. The molecule has 3 rings (SSSR count). The third kappa shape index (κ3) is 4.58. The molecule has 0 bridgehead atoms. The molecule has 1 aliphatic rings. The van der Waals surface area contributed by atoms with E-state index in [1.165, 1.54) is 73.1 Å². The van der Waals surface area contributed by atoms with E-state index in [1.54, 1.807) is 0 Å². The topological polar surface area (TPSA) is 3.24 Å². The van der Waals surface area contributed by atoms with E-state index in [0.29, 0.717) is 0 Å². The smallest absolute Gasteiger partial charge is 0.00156 e. The molecule has 0 aromatic heterocycles. The fraction of sp³-hybridized carbons (Fsp3) is 0.391. The zero-order valence-corrected chi connectivity index (χ0v) is 15.1. The Hall–Kier alpha value is -1.86. The van der Waals surface area contributed by atoms with Gasteiger partial charge < -0.3 is 4.90 Å². The molecule has 2 aromatic carbocycles. The monoisotopic (exact) mass is 319 g/mol. The quantitative estimate of drug-likeness (QED) is 0.635. The number of hydrogen-bond donors (Lipinski definition) is 0. The second kappa shape index (κ2) is 8.30. The normalized spacial score (nSPS) is 15.4. The highest BCUT2D eigenvalue weighted by Crippen LogP contribution is 2.18. The van der Waals surface area contributed by atoms with Crippen LogP contribution < -0.4 is 0 Å². The van der Waals surface area contributed by atoms with Gasteiger partial charge in [-0.05, 0) is 87.0 Å². The second-order valence-electron chi connectivity index (χ2n) is 7.04. The molecule has 0 unspecified atom stereocenters. The standard InChI is InChI=1S/C23H29N/c1-19-8-5-9-20(2)23(19)14-13-22-11-6-10-21(18-22)12-7-17-24-15-3-4-16-24/h5-6,8-11,13-14,18H,3-4,7,12,15-17H2,1-2H3. The minimum atomic E-state index is 1.18. The lowest BCUT2D eigenvalue weighted by molar-refractivity contribution is 0.334. The Morgan fingerprint density at radius 3 is 2.38 bits per heavy atom. The van der Waals surface area contributed by atoms with E-state index < -0.39 is 0 Å². The molecule has 0 aliphatic carbocycles. The van der Waals surface area contributed by atoms with Gasteiger partial charge in [0.15, 0.2) is 0 Å². The van der Waals surface area contributed by atoms with Crippen LogP contribution in [0.1, 0.15) is 47.1 Å². The minimum absolute atomic E-state index is 1.18. The molecule has 0 N–H and O–H groups in total. The van der Waals surface area contributed by atoms with Gasteiger partial charge in [-0.3, -0.25) is 0 Å². The van der Waals surface area contributed by atoms with Crippen molar-refractivity contribution in [1.29, 1.82) is 0 Å². The fourth-order valence-corrected chi connectivity index (χ4v) is 3.64. The summed E-state index contributed by atoms with van der Waals surface area (Å²) in [5.74, 6) is 0. The van der Waals surface area contributed by atoms with E-state index >= 15 is 0 Å². The fourth-order valence-electron chi connectivity index (χ4n) is 3.64. The van der Waals surface area contributed by atoms with Crippen LogP contribution in [0.3, 0.4) is 0 Å². The molecule has 2 aromatic rings. The predicted octanol–water partition coefficient (Wildman–Crippen LogP) is 5.50. The number of nitrogens with zero attached hydrogens (tertiary/aromatic N) is 1. The van der Waals surface area contributed by atoms with Crippen molar-refractivity contribution in [3.8, 4) is 0 Å². The molecule has 1 fully saturated rings. The molecule has 0 amide bonds. The minimum Gasteiger partial charge on any atom is -0.303 e.